The number of likely N-dealkylation sites (tertiary alicyclic amines) is 1. The van der Waals surface area contributed by atoms with E-state index in [1.165, 1.54) is 0 Å². The first-order chi connectivity index (χ1) is 13.5. The maximum absolute atomic E-state index is 11.2. The lowest BCUT2D eigenvalue weighted by Crippen LogP contribution is -2.40. The molecular weight excluding hydrogens is 455 g/mol. The normalized spacial score (nSPS) is 17.6. The van der Waals surface area contributed by atoms with Gasteiger partial charge in [-0.15, -0.1) is 23.7 Å². The van der Waals surface area contributed by atoms with Crippen molar-refractivity contribution >= 4 is 58.6 Å². The number of rotatable bonds is 7. The number of aryl methyl sites for hydroxylation is 1. The van der Waals surface area contributed by atoms with Crippen LogP contribution in [0.1, 0.15) is 28.8 Å². The van der Waals surface area contributed by atoms with Crippen LogP contribution >= 0.6 is 46.9 Å². The summed E-state index contributed by atoms with van der Waals surface area (Å²) in [4.78, 5) is 19.9. The predicted octanol–water partition coefficient (Wildman–Crippen LogP) is 5.35. The molecule has 29 heavy (non-hydrogen) atoms. The SMILES string of the molecule is Cc1ccsc1C(=NOCCN1CCC[C@@H](C(=O)O)C1)c1ccc(Cl)cc1Cl.Cl. The molecule has 0 unspecified atom stereocenters. The van der Waals surface area contributed by atoms with Crippen molar-refractivity contribution in [2.45, 2.75) is 19.8 Å². The van der Waals surface area contributed by atoms with E-state index in [4.69, 9.17) is 28.0 Å². The van der Waals surface area contributed by atoms with Gasteiger partial charge in [0.1, 0.15) is 12.3 Å². The van der Waals surface area contributed by atoms with Crippen molar-refractivity contribution in [3.05, 3.63) is 55.7 Å². The Bertz CT molecular complexity index is 872. The summed E-state index contributed by atoms with van der Waals surface area (Å²) in [5.41, 5.74) is 2.54. The molecule has 1 aliphatic rings. The molecule has 1 atom stereocenters. The highest BCUT2D eigenvalue weighted by molar-refractivity contribution is 7.12. The zero-order valence-electron chi connectivity index (χ0n) is 15.9. The van der Waals surface area contributed by atoms with Crippen molar-refractivity contribution in [3.63, 3.8) is 0 Å². The van der Waals surface area contributed by atoms with Crippen molar-refractivity contribution in [2.75, 3.05) is 26.2 Å². The minimum absolute atomic E-state index is 0. The van der Waals surface area contributed by atoms with Crippen molar-refractivity contribution in [3.8, 4) is 0 Å². The van der Waals surface area contributed by atoms with Crippen LogP contribution in [0.3, 0.4) is 0 Å². The molecule has 3 rings (SSSR count). The van der Waals surface area contributed by atoms with E-state index in [2.05, 4.69) is 10.1 Å². The van der Waals surface area contributed by atoms with Crippen LogP contribution in [0.4, 0.5) is 0 Å². The summed E-state index contributed by atoms with van der Waals surface area (Å²) in [5, 5.41) is 16.7. The molecule has 1 saturated heterocycles. The smallest absolute Gasteiger partial charge is 0.307 e. The van der Waals surface area contributed by atoms with Crippen molar-refractivity contribution in [2.24, 2.45) is 11.1 Å². The summed E-state index contributed by atoms with van der Waals surface area (Å²) in [6, 6.07) is 7.34. The van der Waals surface area contributed by atoms with E-state index in [1.807, 2.05) is 24.4 Å². The molecule has 0 amide bonds. The number of halogens is 3. The molecule has 1 fully saturated rings. The third-order valence-corrected chi connectivity index (χ3v) is 6.34. The van der Waals surface area contributed by atoms with Crippen LogP contribution in [0.2, 0.25) is 10.0 Å². The van der Waals surface area contributed by atoms with E-state index in [1.54, 1.807) is 23.5 Å². The average Bonchev–Trinajstić information content (AvgIpc) is 3.08. The molecule has 1 aliphatic heterocycles. The number of nitrogens with zero attached hydrogens (tertiary/aromatic N) is 2. The van der Waals surface area contributed by atoms with Crippen molar-refractivity contribution in [1.82, 2.24) is 4.90 Å². The Labute approximate surface area is 190 Å². The molecule has 2 heterocycles. The number of thiophene rings is 1. The summed E-state index contributed by atoms with van der Waals surface area (Å²) < 4.78 is 0. The zero-order chi connectivity index (χ0) is 20.1. The second kappa shape index (κ2) is 11.2. The highest BCUT2D eigenvalue weighted by Crippen LogP contribution is 2.27. The van der Waals surface area contributed by atoms with Gasteiger partial charge >= 0.3 is 5.97 Å². The maximum Gasteiger partial charge on any atom is 0.307 e. The van der Waals surface area contributed by atoms with Gasteiger partial charge in [-0.2, -0.15) is 0 Å². The molecule has 1 aromatic heterocycles. The van der Waals surface area contributed by atoms with Crippen LogP contribution in [0, 0.1) is 12.8 Å². The topological polar surface area (TPSA) is 62.1 Å². The minimum Gasteiger partial charge on any atom is -0.481 e. The quantitative estimate of drug-likeness (QED) is 0.332. The molecule has 1 N–H and O–H groups in total. The number of carboxylic acids is 1. The molecule has 158 valence electrons. The number of hydrogen-bond acceptors (Lipinski definition) is 5. The number of hydrogen-bond donors (Lipinski definition) is 1. The fraction of sp³-hybridized carbons (Fsp3) is 0.400. The Balaban J connectivity index is 0.00000300. The largest absolute Gasteiger partial charge is 0.481 e. The number of aliphatic carboxylic acids is 1. The van der Waals surface area contributed by atoms with Gasteiger partial charge in [0.05, 0.1) is 15.8 Å². The lowest BCUT2D eigenvalue weighted by Gasteiger charge is -2.29. The van der Waals surface area contributed by atoms with E-state index in [0.29, 0.717) is 35.5 Å². The standard InChI is InChI=1S/C20H22Cl2N2O3S.ClH/c1-13-6-10-28-19(13)18(16-5-4-15(21)11-17(16)22)23-27-9-8-24-7-2-3-14(12-24)20(25)26;/h4-6,10-11,14H,2-3,7-9,12H2,1H3,(H,25,26);1H/t14-;/m1./s1. The molecule has 0 saturated carbocycles. The van der Waals surface area contributed by atoms with Gasteiger partial charge in [-0.1, -0.05) is 28.4 Å². The lowest BCUT2D eigenvalue weighted by molar-refractivity contribution is -0.143. The first-order valence-corrected chi connectivity index (χ1v) is 10.7. The van der Waals surface area contributed by atoms with Crippen LogP contribution in [-0.4, -0.2) is 47.9 Å². The summed E-state index contributed by atoms with van der Waals surface area (Å²) in [7, 11) is 0. The molecule has 2 aromatic rings. The Morgan fingerprint density at radius 1 is 1.38 bits per heavy atom. The van der Waals surface area contributed by atoms with Crippen LogP contribution in [-0.2, 0) is 9.63 Å². The van der Waals surface area contributed by atoms with Crippen LogP contribution in [0.25, 0.3) is 0 Å². The summed E-state index contributed by atoms with van der Waals surface area (Å²) >= 11 is 14.0. The molecular formula is C20H23Cl3N2O3S. The minimum atomic E-state index is -0.725. The molecule has 0 bridgehead atoms. The number of carboxylic acid groups (broad SMARTS) is 1. The van der Waals surface area contributed by atoms with E-state index in [0.717, 1.165) is 35.4 Å². The van der Waals surface area contributed by atoms with Crippen LogP contribution in [0.15, 0.2) is 34.8 Å². The molecule has 5 nitrogen and oxygen atoms in total. The molecule has 1 aromatic carbocycles. The third kappa shape index (κ3) is 6.33. The highest BCUT2D eigenvalue weighted by atomic mass is 35.5. The average molecular weight is 478 g/mol. The number of oxime groups is 1. The predicted molar refractivity (Wildman–Crippen MR) is 121 cm³/mol. The van der Waals surface area contributed by atoms with E-state index >= 15 is 0 Å². The van der Waals surface area contributed by atoms with E-state index in [9.17, 15) is 9.90 Å². The summed E-state index contributed by atoms with van der Waals surface area (Å²) in [6.07, 6.45) is 1.63. The Morgan fingerprint density at radius 3 is 2.83 bits per heavy atom. The first kappa shape index (κ1) is 24.0. The summed E-state index contributed by atoms with van der Waals surface area (Å²) in [5.74, 6) is -1.02. The Hall–Kier alpha value is -1.31. The van der Waals surface area contributed by atoms with E-state index < -0.39 is 5.97 Å². The van der Waals surface area contributed by atoms with Gasteiger partial charge in [-0.3, -0.25) is 9.69 Å². The van der Waals surface area contributed by atoms with Gasteiger partial charge in [-0.25, -0.2) is 0 Å². The van der Waals surface area contributed by atoms with Gasteiger partial charge in [0, 0.05) is 23.7 Å². The van der Waals surface area contributed by atoms with E-state index in [-0.39, 0.29) is 18.3 Å². The highest BCUT2D eigenvalue weighted by Gasteiger charge is 2.25. The second-order valence-electron chi connectivity index (χ2n) is 6.81. The maximum atomic E-state index is 11.2. The number of piperidine rings is 1. The third-order valence-electron chi connectivity index (χ3n) is 4.77. The monoisotopic (exact) mass is 476 g/mol. The summed E-state index contributed by atoms with van der Waals surface area (Å²) in [6.45, 7) is 4.48. The van der Waals surface area contributed by atoms with Crippen molar-refractivity contribution in [1.29, 1.82) is 0 Å². The Kier molecular flexibility index (Phi) is 9.24. The van der Waals surface area contributed by atoms with Crippen LogP contribution in [0.5, 0.6) is 0 Å². The van der Waals surface area contributed by atoms with Crippen molar-refractivity contribution < 1.29 is 14.7 Å². The fourth-order valence-corrected chi connectivity index (χ4v) is 4.67. The molecule has 0 spiro atoms. The molecule has 9 heteroatoms. The van der Waals surface area contributed by atoms with Gasteiger partial charge in [-0.05, 0) is 61.5 Å². The number of benzene rings is 1. The lowest BCUT2D eigenvalue weighted by atomic mass is 9.98. The van der Waals surface area contributed by atoms with Gasteiger partial charge in [0.25, 0.3) is 0 Å². The first-order valence-electron chi connectivity index (χ1n) is 9.10. The fourth-order valence-electron chi connectivity index (χ4n) is 3.25. The zero-order valence-corrected chi connectivity index (χ0v) is 19.1. The van der Waals surface area contributed by atoms with Gasteiger partial charge < -0.3 is 9.94 Å². The van der Waals surface area contributed by atoms with Gasteiger partial charge in [0.15, 0.2) is 0 Å². The molecule has 0 radical (unpaired) electrons. The van der Waals surface area contributed by atoms with Crippen LogP contribution < -0.4 is 0 Å². The number of carbonyl (C=O) groups is 1. The van der Waals surface area contributed by atoms with Gasteiger partial charge in [0.2, 0.25) is 0 Å². The second-order valence-corrected chi connectivity index (χ2v) is 8.57. The Morgan fingerprint density at radius 2 is 2.17 bits per heavy atom. The molecule has 0 aliphatic carbocycles.